The third-order valence-corrected chi connectivity index (χ3v) is 3.58. The minimum atomic E-state index is -0.177. The molecule has 0 bridgehead atoms. The number of hydrogen-bond acceptors (Lipinski definition) is 4. The van der Waals surface area contributed by atoms with Gasteiger partial charge in [-0.2, -0.15) is 0 Å². The van der Waals surface area contributed by atoms with Gasteiger partial charge in [0.2, 0.25) is 0 Å². The van der Waals surface area contributed by atoms with Crippen LogP contribution in [0.5, 0.6) is 0 Å². The quantitative estimate of drug-likeness (QED) is 0.724. The summed E-state index contributed by atoms with van der Waals surface area (Å²) in [7, 11) is 0. The normalized spacial score (nSPS) is 10.2. The van der Waals surface area contributed by atoms with Crippen LogP contribution in [-0.4, -0.2) is 15.5 Å². The first-order chi connectivity index (χ1) is 9.84. The monoisotopic (exact) mass is 284 g/mol. The van der Waals surface area contributed by atoms with E-state index in [1.165, 1.54) is 11.3 Å². The lowest BCUT2D eigenvalue weighted by Gasteiger charge is -2.11. The number of nitrogens with one attached hydrogen (secondary N) is 2. The first kappa shape index (κ1) is 12.4. The van der Waals surface area contributed by atoms with E-state index in [4.69, 9.17) is 0 Å². The van der Waals surface area contributed by atoms with Crippen molar-refractivity contribution in [2.24, 2.45) is 0 Å². The SMILES string of the molecule is O=C(NNc1ncccc1-n1cccc1)c1cccs1. The molecule has 0 radical (unpaired) electrons. The van der Waals surface area contributed by atoms with Gasteiger partial charge in [0.05, 0.1) is 10.6 Å². The maximum Gasteiger partial charge on any atom is 0.279 e. The summed E-state index contributed by atoms with van der Waals surface area (Å²) in [4.78, 5) is 16.8. The van der Waals surface area contributed by atoms with Crippen molar-refractivity contribution in [2.75, 3.05) is 5.43 Å². The van der Waals surface area contributed by atoms with Gasteiger partial charge in [-0.05, 0) is 35.7 Å². The Balaban J connectivity index is 1.77. The fourth-order valence-corrected chi connectivity index (χ4v) is 2.40. The maximum absolute atomic E-state index is 11.9. The number of hydrazine groups is 1. The van der Waals surface area contributed by atoms with Crippen LogP contribution in [0.25, 0.3) is 5.69 Å². The number of carbonyl (C=O) groups is 1. The fourth-order valence-electron chi connectivity index (χ4n) is 1.78. The molecule has 2 N–H and O–H groups in total. The zero-order valence-corrected chi connectivity index (χ0v) is 11.3. The number of rotatable bonds is 4. The summed E-state index contributed by atoms with van der Waals surface area (Å²) in [6.45, 7) is 0. The number of amides is 1. The number of pyridine rings is 1. The number of hydrogen-bond donors (Lipinski definition) is 2. The highest BCUT2D eigenvalue weighted by Gasteiger charge is 2.08. The molecular formula is C14H12N4OS. The summed E-state index contributed by atoms with van der Waals surface area (Å²) >= 11 is 1.39. The van der Waals surface area contributed by atoms with Gasteiger partial charge in [-0.25, -0.2) is 4.98 Å². The predicted octanol–water partition coefficient (Wildman–Crippen LogP) is 2.69. The molecule has 0 aliphatic rings. The predicted molar refractivity (Wildman–Crippen MR) is 79.0 cm³/mol. The van der Waals surface area contributed by atoms with E-state index in [9.17, 15) is 4.79 Å². The minimum absolute atomic E-state index is 0.177. The average molecular weight is 284 g/mol. The van der Waals surface area contributed by atoms with Crippen LogP contribution >= 0.6 is 11.3 Å². The fraction of sp³-hybridized carbons (Fsp3) is 0. The van der Waals surface area contributed by atoms with Gasteiger partial charge in [0, 0.05) is 18.6 Å². The number of aromatic nitrogens is 2. The van der Waals surface area contributed by atoms with Crippen molar-refractivity contribution >= 4 is 23.1 Å². The molecule has 3 aromatic rings. The Bertz CT molecular complexity index is 692. The largest absolute Gasteiger partial charge is 0.321 e. The molecule has 0 aliphatic heterocycles. The van der Waals surface area contributed by atoms with E-state index in [0.717, 1.165) is 5.69 Å². The van der Waals surface area contributed by atoms with Gasteiger partial charge in [-0.3, -0.25) is 15.6 Å². The molecule has 5 nitrogen and oxygen atoms in total. The van der Waals surface area contributed by atoms with Crippen LogP contribution in [-0.2, 0) is 0 Å². The van der Waals surface area contributed by atoms with Gasteiger partial charge in [0.15, 0.2) is 5.82 Å². The number of thiophene rings is 1. The lowest BCUT2D eigenvalue weighted by molar-refractivity contribution is 0.0966. The Kier molecular flexibility index (Phi) is 3.47. The van der Waals surface area contributed by atoms with Crippen LogP contribution < -0.4 is 10.9 Å². The van der Waals surface area contributed by atoms with Gasteiger partial charge in [0.25, 0.3) is 5.91 Å². The topological polar surface area (TPSA) is 59.0 Å². The third kappa shape index (κ3) is 2.55. The summed E-state index contributed by atoms with van der Waals surface area (Å²) < 4.78 is 1.92. The molecule has 1 amide bonds. The second-order valence-corrected chi connectivity index (χ2v) is 4.97. The Morgan fingerprint density at radius 1 is 1.15 bits per heavy atom. The number of nitrogens with zero attached hydrogens (tertiary/aromatic N) is 2. The van der Waals surface area contributed by atoms with E-state index >= 15 is 0 Å². The minimum Gasteiger partial charge on any atom is -0.321 e. The summed E-state index contributed by atoms with van der Waals surface area (Å²) in [5.74, 6) is 0.415. The molecule has 3 heterocycles. The van der Waals surface area contributed by atoms with Crippen molar-refractivity contribution in [3.63, 3.8) is 0 Å². The molecule has 0 atom stereocenters. The summed E-state index contributed by atoms with van der Waals surface area (Å²) in [6, 6.07) is 11.2. The maximum atomic E-state index is 11.9. The molecule has 0 unspecified atom stereocenters. The smallest absolute Gasteiger partial charge is 0.279 e. The summed E-state index contributed by atoms with van der Waals surface area (Å²) in [5, 5.41) is 1.86. The Hall–Kier alpha value is -2.60. The Morgan fingerprint density at radius 3 is 2.75 bits per heavy atom. The van der Waals surface area contributed by atoms with E-state index in [2.05, 4.69) is 15.8 Å². The lowest BCUT2D eigenvalue weighted by Crippen LogP contribution is -2.29. The van der Waals surface area contributed by atoms with E-state index in [0.29, 0.717) is 10.7 Å². The Morgan fingerprint density at radius 2 is 2.00 bits per heavy atom. The molecule has 0 saturated heterocycles. The van der Waals surface area contributed by atoms with Crippen molar-refractivity contribution in [3.8, 4) is 5.69 Å². The second kappa shape index (κ2) is 5.58. The van der Waals surface area contributed by atoms with Crippen molar-refractivity contribution in [1.82, 2.24) is 15.0 Å². The summed E-state index contributed by atoms with van der Waals surface area (Å²) in [5.41, 5.74) is 6.38. The lowest BCUT2D eigenvalue weighted by atomic mass is 10.4. The first-order valence-corrected chi connectivity index (χ1v) is 6.91. The zero-order chi connectivity index (χ0) is 13.8. The molecule has 6 heteroatoms. The van der Waals surface area contributed by atoms with Gasteiger partial charge in [-0.1, -0.05) is 6.07 Å². The van der Waals surface area contributed by atoms with Crippen LogP contribution in [0.3, 0.4) is 0 Å². The third-order valence-electron chi connectivity index (χ3n) is 2.71. The molecule has 0 saturated carbocycles. The molecule has 100 valence electrons. The van der Waals surface area contributed by atoms with Crippen molar-refractivity contribution < 1.29 is 4.79 Å². The number of anilines is 1. The summed E-state index contributed by atoms with van der Waals surface area (Å²) in [6.07, 6.45) is 5.51. The standard InChI is InChI=1S/C14H12N4OS/c19-14(12-6-4-10-20-12)17-16-13-11(5-3-7-15-13)18-8-1-2-9-18/h1-10H,(H,15,16)(H,17,19). The van der Waals surface area contributed by atoms with E-state index in [1.54, 1.807) is 12.3 Å². The highest BCUT2D eigenvalue weighted by atomic mass is 32.1. The molecular weight excluding hydrogens is 272 g/mol. The molecule has 3 rings (SSSR count). The zero-order valence-electron chi connectivity index (χ0n) is 10.5. The van der Waals surface area contributed by atoms with Crippen LogP contribution in [0.2, 0.25) is 0 Å². The van der Waals surface area contributed by atoms with Crippen molar-refractivity contribution in [3.05, 3.63) is 65.2 Å². The van der Waals surface area contributed by atoms with Gasteiger partial charge < -0.3 is 4.57 Å². The highest BCUT2D eigenvalue weighted by molar-refractivity contribution is 7.12. The van der Waals surface area contributed by atoms with E-state index in [-0.39, 0.29) is 5.91 Å². The molecule has 3 aromatic heterocycles. The van der Waals surface area contributed by atoms with Crippen LogP contribution in [0.4, 0.5) is 5.82 Å². The molecule has 0 aliphatic carbocycles. The van der Waals surface area contributed by atoms with Crippen molar-refractivity contribution in [1.29, 1.82) is 0 Å². The molecule has 20 heavy (non-hydrogen) atoms. The van der Waals surface area contributed by atoms with Gasteiger partial charge in [0.1, 0.15) is 0 Å². The highest BCUT2D eigenvalue weighted by Crippen LogP contribution is 2.16. The van der Waals surface area contributed by atoms with E-state index < -0.39 is 0 Å². The van der Waals surface area contributed by atoms with E-state index in [1.807, 2.05) is 52.7 Å². The molecule has 0 aromatic carbocycles. The number of carbonyl (C=O) groups excluding carboxylic acids is 1. The molecule has 0 spiro atoms. The van der Waals surface area contributed by atoms with Crippen LogP contribution in [0, 0.1) is 0 Å². The van der Waals surface area contributed by atoms with Crippen LogP contribution in [0.1, 0.15) is 9.67 Å². The van der Waals surface area contributed by atoms with Crippen LogP contribution in [0.15, 0.2) is 60.4 Å². The van der Waals surface area contributed by atoms with Gasteiger partial charge >= 0.3 is 0 Å². The second-order valence-electron chi connectivity index (χ2n) is 4.02. The first-order valence-electron chi connectivity index (χ1n) is 6.03. The van der Waals surface area contributed by atoms with Gasteiger partial charge in [-0.15, -0.1) is 11.3 Å². The average Bonchev–Trinajstić information content (AvgIpc) is 3.17. The molecule has 0 fully saturated rings. The Labute approximate surface area is 119 Å². The van der Waals surface area contributed by atoms with Crippen molar-refractivity contribution in [2.45, 2.75) is 0 Å².